The van der Waals surface area contributed by atoms with E-state index in [1.807, 2.05) is 30.3 Å². The smallest absolute Gasteiger partial charge is 0.267 e. The van der Waals surface area contributed by atoms with Gasteiger partial charge in [-0.25, -0.2) is 0 Å². The van der Waals surface area contributed by atoms with E-state index in [1.54, 1.807) is 0 Å². The summed E-state index contributed by atoms with van der Waals surface area (Å²) in [4.78, 5) is 15.2. The Morgan fingerprint density at radius 2 is 2.17 bits per heavy atom. The van der Waals surface area contributed by atoms with E-state index in [-0.39, 0.29) is 5.91 Å². The van der Waals surface area contributed by atoms with Crippen LogP contribution in [-0.4, -0.2) is 17.4 Å². The predicted octanol–water partition coefficient (Wildman–Crippen LogP) is 3.09. The third-order valence-corrected chi connectivity index (χ3v) is 4.11. The monoisotopic (exact) mass is 242 g/mol. The van der Waals surface area contributed by atoms with Crippen LogP contribution in [0.5, 0.6) is 0 Å². The van der Waals surface area contributed by atoms with E-state index in [0.29, 0.717) is 11.1 Å². The molecule has 0 atom stereocenters. The lowest BCUT2D eigenvalue weighted by atomic mass is 10.0. The van der Waals surface area contributed by atoms with E-state index in [4.69, 9.17) is 0 Å². The fraction of sp³-hybridized carbons (Fsp3) is 0.400. The molecule has 0 aliphatic heterocycles. The topological polar surface area (TPSA) is 44.9 Å². The van der Waals surface area contributed by atoms with Crippen LogP contribution in [0.1, 0.15) is 36.7 Å². The Bertz CT molecular complexity index is 548. The normalized spacial score (nSPS) is 16.7. The van der Waals surface area contributed by atoms with Crippen molar-refractivity contribution in [2.75, 3.05) is 6.54 Å². The Labute approximate surface area is 107 Å². The molecule has 1 aliphatic carbocycles. The van der Waals surface area contributed by atoms with Crippen molar-refractivity contribution in [3.63, 3.8) is 0 Å². The zero-order valence-electron chi connectivity index (χ0n) is 10.6. The third kappa shape index (κ3) is 2.01. The highest BCUT2D eigenvalue weighted by atomic mass is 16.1. The molecule has 1 fully saturated rings. The Balaban J connectivity index is 1.72. The lowest BCUT2D eigenvalue weighted by Crippen LogP contribution is -2.30. The molecule has 0 unspecified atom stereocenters. The van der Waals surface area contributed by atoms with Gasteiger partial charge in [-0.3, -0.25) is 4.79 Å². The van der Waals surface area contributed by atoms with Crippen molar-refractivity contribution in [1.82, 2.24) is 10.3 Å². The second-order valence-electron chi connectivity index (χ2n) is 5.31. The molecular formula is C15H18N2O. The van der Waals surface area contributed by atoms with Gasteiger partial charge < -0.3 is 10.3 Å². The number of hydrogen-bond donors (Lipinski definition) is 2. The van der Waals surface area contributed by atoms with E-state index in [9.17, 15) is 4.79 Å². The zero-order valence-corrected chi connectivity index (χ0v) is 10.6. The highest BCUT2D eigenvalue weighted by Crippen LogP contribution is 2.47. The number of rotatable bonds is 4. The molecule has 18 heavy (non-hydrogen) atoms. The maximum absolute atomic E-state index is 12.1. The molecule has 94 valence electrons. The Kier molecular flexibility index (Phi) is 2.62. The molecule has 0 spiro atoms. The van der Waals surface area contributed by atoms with Gasteiger partial charge in [0.05, 0.1) is 0 Å². The molecule has 3 heteroatoms. The van der Waals surface area contributed by atoms with Gasteiger partial charge in [0.15, 0.2) is 0 Å². The van der Waals surface area contributed by atoms with Crippen LogP contribution < -0.4 is 5.32 Å². The summed E-state index contributed by atoms with van der Waals surface area (Å²) in [6.07, 6.45) is 3.65. The summed E-state index contributed by atoms with van der Waals surface area (Å²) in [5.74, 6) is 0.00549. The van der Waals surface area contributed by atoms with Crippen molar-refractivity contribution in [1.29, 1.82) is 0 Å². The lowest BCUT2D eigenvalue weighted by Gasteiger charge is -2.12. The van der Waals surface area contributed by atoms with Crippen molar-refractivity contribution >= 4 is 16.8 Å². The summed E-state index contributed by atoms with van der Waals surface area (Å²) in [6, 6.07) is 9.86. The number of aromatic amines is 1. The number of amides is 1. The third-order valence-electron chi connectivity index (χ3n) is 4.11. The van der Waals surface area contributed by atoms with E-state index >= 15 is 0 Å². The van der Waals surface area contributed by atoms with E-state index in [0.717, 1.165) is 23.9 Å². The number of para-hydroxylation sites is 1. The highest BCUT2D eigenvalue weighted by molar-refractivity contribution is 5.97. The van der Waals surface area contributed by atoms with Crippen molar-refractivity contribution in [2.24, 2.45) is 5.41 Å². The number of aromatic nitrogens is 1. The molecule has 1 heterocycles. The van der Waals surface area contributed by atoms with Crippen LogP contribution in [0, 0.1) is 5.41 Å². The van der Waals surface area contributed by atoms with Gasteiger partial charge in [-0.1, -0.05) is 25.1 Å². The average molecular weight is 242 g/mol. The first-order valence-electron chi connectivity index (χ1n) is 6.58. The molecule has 1 aromatic carbocycles. The van der Waals surface area contributed by atoms with E-state index in [2.05, 4.69) is 17.2 Å². The van der Waals surface area contributed by atoms with Gasteiger partial charge in [-0.15, -0.1) is 0 Å². The van der Waals surface area contributed by atoms with Crippen molar-refractivity contribution in [3.8, 4) is 0 Å². The molecule has 2 aromatic rings. The summed E-state index contributed by atoms with van der Waals surface area (Å²) in [5, 5.41) is 4.13. The minimum atomic E-state index is 0.00549. The summed E-state index contributed by atoms with van der Waals surface area (Å²) in [5.41, 5.74) is 2.06. The summed E-state index contributed by atoms with van der Waals surface area (Å²) in [6.45, 7) is 3.00. The molecule has 3 nitrogen and oxygen atoms in total. The first kappa shape index (κ1) is 11.3. The summed E-state index contributed by atoms with van der Waals surface area (Å²) < 4.78 is 0. The minimum Gasteiger partial charge on any atom is -0.351 e. The molecular weight excluding hydrogens is 224 g/mol. The Morgan fingerprint density at radius 1 is 1.39 bits per heavy atom. The van der Waals surface area contributed by atoms with E-state index < -0.39 is 0 Å². The molecule has 1 aromatic heterocycles. The zero-order chi connectivity index (χ0) is 12.6. The molecule has 3 rings (SSSR count). The average Bonchev–Trinajstić information content (AvgIpc) is 3.05. The fourth-order valence-corrected chi connectivity index (χ4v) is 2.39. The number of H-pyrrole nitrogens is 1. The van der Waals surface area contributed by atoms with Gasteiger partial charge in [0.1, 0.15) is 5.69 Å². The van der Waals surface area contributed by atoms with Crippen LogP contribution in [0.4, 0.5) is 0 Å². The van der Waals surface area contributed by atoms with Gasteiger partial charge in [0.2, 0.25) is 0 Å². The van der Waals surface area contributed by atoms with Gasteiger partial charge in [0.25, 0.3) is 5.91 Å². The van der Waals surface area contributed by atoms with Crippen LogP contribution in [0.25, 0.3) is 10.9 Å². The number of nitrogens with one attached hydrogen (secondary N) is 2. The van der Waals surface area contributed by atoms with Crippen molar-refractivity contribution < 1.29 is 4.79 Å². The number of carbonyl (C=O) groups is 1. The van der Waals surface area contributed by atoms with Crippen LogP contribution >= 0.6 is 0 Å². The largest absolute Gasteiger partial charge is 0.351 e. The fourth-order valence-electron chi connectivity index (χ4n) is 2.39. The SMILES string of the molecule is CCC1(CNC(=O)c2cc3ccccc3[nH]2)CC1. The quantitative estimate of drug-likeness (QED) is 0.850. The first-order valence-corrected chi connectivity index (χ1v) is 6.58. The van der Waals surface area contributed by atoms with Gasteiger partial charge in [-0.05, 0) is 36.8 Å². The van der Waals surface area contributed by atoms with Crippen LogP contribution in [-0.2, 0) is 0 Å². The summed E-state index contributed by atoms with van der Waals surface area (Å²) in [7, 11) is 0. The molecule has 1 aliphatic rings. The predicted molar refractivity (Wildman–Crippen MR) is 72.6 cm³/mol. The van der Waals surface area contributed by atoms with Crippen molar-refractivity contribution in [2.45, 2.75) is 26.2 Å². The molecule has 2 N–H and O–H groups in total. The van der Waals surface area contributed by atoms with Crippen molar-refractivity contribution in [3.05, 3.63) is 36.0 Å². The minimum absolute atomic E-state index is 0.00549. The standard InChI is InChI=1S/C15H18N2O/c1-2-15(7-8-15)10-16-14(18)13-9-11-5-3-4-6-12(11)17-13/h3-6,9,17H,2,7-8,10H2,1H3,(H,16,18). The van der Waals surface area contributed by atoms with Gasteiger partial charge in [-0.2, -0.15) is 0 Å². The molecule has 0 saturated heterocycles. The van der Waals surface area contributed by atoms with Gasteiger partial charge in [0, 0.05) is 17.4 Å². The lowest BCUT2D eigenvalue weighted by molar-refractivity contribution is 0.0940. The van der Waals surface area contributed by atoms with Crippen LogP contribution in [0.2, 0.25) is 0 Å². The maximum Gasteiger partial charge on any atom is 0.267 e. The number of carbonyl (C=O) groups excluding carboxylic acids is 1. The second-order valence-corrected chi connectivity index (χ2v) is 5.31. The first-order chi connectivity index (χ1) is 8.72. The van der Waals surface area contributed by atoms with Gasteiger partial charge >= 0.3 is 0 Å². The number of benzene rings is 1. The molecule has 1 saturated carbocycles. The summed E-state index contributed by atoms with van der Waals surface area (Å²) >= 11 is 0. The molecule has 0 radical (unpaired) electrons. The molecule has 1 amide bonds. The number of fused-ring (bicyclic) bond motifs is 1. The molecule has 0 bridgehead atoms. The van der Waals surface area contributed by atoms with E-state index in [1.165, 1.54) is 12.8 Å². The second kappa shape index (κ2) is 4.16. The number of hydrogen-bond acceptors (Lipinski definition) is 1. The Morgan fingerprint density at radius 3 is 2.83 bits per heavy atom. The van der Waals surface area contributed by atoms with Crippen LogP contribution in [0.3, 0.4) is 0 Å². The van der Waals surface area contributed by atoms with Crippen LogP contribution in [0.15, 0.2) is 30.3 Å². The maximum atomic E-state index is 12.1. The highest BCUT2D eigenvalue weighted by Gasteiger charge is 2.40. The Hall–Kier alpha value is -1.77.